The fourth-order valence-corrected chi connectivity index (χ4v) is 1.60. The van der Waals surface area contributed by atoms with Crippen LogP contribution >= 0.6 is 0 Å². The average molecular weight is 249 g/mol. The predicted octanol–water partition coefficient (Wildman–Crippen LogP) is 3.53. The van der Waals surface area contributed by atoms with E-state index in [1.165, 1.54) is 0 Å². The summed E-state index contributed by atoms with van der Waals surface area (Å²) in [6.45, 7) is 8.85. The Morgan fingerprint density at radius 1 is 1.22 bits per heavy atom. The molecule has 0 spiro atoms. The third-order valence-corrected chi connectivity index (χ3v) is 2.50. The molecule has 0 amide bonds. The van der Waals surface area contributed by atoms with Gasteiger partial charge in [-0.15, -0.1) is 0 Å². The summed E-state index contributed by atoms with van der Waals surface area (Å²) in [5.74, 6) is 1.60. The van der Waals surface area contributed by atoms with E-state index in [2.05, 4.69) is 13.8 Å². The fourth-order valence-electron chi connectivity index (χ4n) is 1.60. The highest BCUT2D eigenvalue weighted by molar-refractivity contribution is 5.97. The van der Waals surface area contributed by atoms with Crippen LogP contribution in [0.25, 0.3) is 0 Å². The maximum atomic E-state index is 11.9. The average Bonchev–Trinajstić information content (AvgIpc) is 2.26. The SMILES string of the molecule is CC(C)COc1ccc(C(=O)CC(C)C)cc1N. The Labute approximate surface area is 109 Å². The summed E-state index contributed by atoms with van der Waals surface area (Å²) >= 11 is 0. The molecule has 0 aliphatic carbocycles. The van der Waals surface area contributed by atoms with E-state index in [4.69, 9.17) is 10.5 Å². The Balaban J connectivity index is 2.75. The lowest BCUT2D eigenvalue weighted by molar-refractivity contribution is 0.0968. The smallest absolute Gasteiger partial charge is 0.163 e. The zero-order valence-corrected chi connectivity index (χ0v) is 11.7. The van der Waals surface area contributed by atoms with Crippen molar-refractivity contribution < 1.29 is 9.53 Å². The number of benzene rings is 1. The molecule has 0 saturated heterocycles. The number of Topliss-reactive ketones (excluding diaryl/α,β-unsaturated/α-hetero) is 1. The zero-order valence-electron chi connectivity index (χ0n) is 11.7. The van der Waals surface area contributed by atoms with Crippen LogP contribution in [0.5, 0.6) is 5.75 Å². The quantitative estimate of drug-likeness (QED) is 0.619. The van der Waals surface area contributed by atoms with Gasteiger partial charge in [0.1, 0.15) is 5.75 Å². The molecule has 0 unspecified atom stereocenters. The number of nitrogens with two attached hydrogens (primary N) is 1. The molecular weight excluding hydrogens is 226 g/mol. The first-order valence-electron chi connectivity index (χ1n) is 6.45. The third kappa shape index (κ3) is 4.40. The van der Waals surface area contributed by atoms with Gasteiger partial charge in [0, 0.05) is 12.0 Å². The van der Waals surface area contributed by atoms with Crippen LogP contribution < -0.4 is 10.5 Å². The van der Waals surface area contributed by atoms with Crippen LogP contribution in [0.3, 0.4) is 0 Å². The van der Waals surface area contributed by atoms with E-state index in [9.17, 15) is 4.79 Å². The van der Waals surface area contributed by atoms with Gasteiger partial charge in [0.2, 0.25) is 0 Å². The second-order valence-electron chi connectivity index (χ2n) is 5.48. The first kappa shape index (κ1) is 14.6. The van der Waals surface area contributed by atoms with Crippen LogP contribution in [0.15, 0.2) is 18.2 Å². The number of nitrogen functional groups attached to an aromatic ring is 1. The van der Waals surface area contributed by atoms with Crippen LogP contribution in [0.4, 0.5) is 5.69 Å². The molecule has 1 rings (SSSR count). The minimum absolute atomic E-state index is 0.132. The summed E-state index contributed by atoms with van der Waals surface area (Å²) < 4.78 is 5.58. The van der Waals surface area contributed by atoms with Crippen molar-refractivity contribution in [3.8, 4) is 5.75 Å². The molecule has 18 heavy (non-hydrogen) atoms. The molecule has 1 aromatic carbocycles. The van der Waals surface area contributed by atoms with Crippen molar-refractivity contribution in [3.05, 3.63) is 23.8 Å². The molecule has 0 aromatic heterocycles. The van der Waals surface area contributed by atoms with Crippen LogP contribution in [0.1, 0.15) is 44.5 Å². The summed E-state index contributed by atoms with van der Waals surface area (Å²) in [7, 11) is 0. The Hall–Kier alpha value is -1.51. The van der Waals surface area contributed by atoms with Gasteiger partial charge >= 0.3 is 0 Å². The molecular formula is C15H23NO2. The lowest BCUT2D eigenvalue weighted by Crippen LogP contribution is -2.08. The summed E-state index contributed by atoms with van der Waals surface area (Å²) in [5.41, 5.74) is 7.10. The Kier molecular flexibility index (Phi) is 5.20. The maximum absolute atomic E-state index is 11.9. The van der Waals surface area contributed by atoms with Crippen molar-refractivity contribution in [3.63, 3.8) is 0 Å². The topological polar surface area (TPSA) is 52.3 Å². The number of ketones is 1. The second kappa shape index (κ2) is 6.43. The lowest BCUT2D eigenvalue weighted by atomic mass is 10.0. The molecule has 3 heteroatoms. The van der Waals surface area contributed by atoms with Gasteiger partial charge in [0.15, 0.2) is 5.78 Å². The van der Waals surface area contributed by atoms with Crippen molar-refractivity contribution in [2.24, 2.45) is 11.8 Å². The van der Waals surface area contributed by atoms with Gasteiger partial charge in [-0.1, -0.05) is 27.7 Å². The van der Waals surface area contributed by atoms with Gasteiger partial charge in [-0.05, 0) is 30.0 Å². The number of carbonyl (C=O) groups is 1. The van der Waals surface area contributed by atoms with E-state index in [1.807, 2.05) is 13.8 Å². The second-order valence-corrected chi connectivity index (χ2v) is 5.48. The monoisotopic (exact) mass is 249 g/mol. The molecule has 3 nitrogen and oxygen atoms in total. The number of rotatable bonds is 6. The van der Waals surface area contributed by atoms with E-state index in [0.717, 1.165) is 0 Å². The molecule has 0 radical (unpaired) electrons. The zero-order chi connectivity index (χ0) is 13.7. The van der Waals surface area contributed by atoms with Crippen molar-refractivity contribution in [2.75, 3.05) is 12.3 Å². The number of ether oxygens (including phenoxy) is 1. The van der Waals surface area contributed by atoms with Gasteiger partial charge in [0.05, 0.1) is 12.3 Å². The van der Waals surface area contributed by atoms with Gasteiger partial charge < -0.3 is 10.5 Å². The van der Waals surface area contributed by atoms with E-state index in [-0.39, 0.29) is 5.78 Å². The summed E-state index contributed by atoms with van der Waals surface area (Å²) in [6, 6.07) is 5.28. The number of hydrogen-bond donors (Lipinski definition) is 1. The molecule has 0 heterocycles. The van der Waals surface area contributed by atoms with E-state index in [1.54, 1.807) is 18.2 Å². The standard InChI is InChI=1S/C15H23NO2/c1-10(2)7-14(17)12-5-6-15(13(16)8-12)18-9-11(3)4/h5-6,8,10-11H,7,9,16H2,1-4H3. The number of carbonyl (C=O) groups excluding carboxylic acids is 1. The third-order valence-electron chi connectivity index (χ3n) is 2.50. The minimum atomic E-state index is 0.132. The van der Waals surface area contributed by atoms with Crippen LogP contribution in [0, 0.1) is 11.8 Å². The summed E-state index contributed by atoms with van der Waals surface area (Å²) in [5, 5.41) is 0. The first-order chi connectivity index (χ1) is 8.40. The van der Waals surface area contributed by atoms with Crippen molar-refractivity contribution in [1.82, 2.24) is 0 Å². The Bertz CT molecular complexity index is 411. The fraction of sp³-hybridized carbons (Fsp3) is 0.533. The highest BCUT2D eigenvalue weighted by atomic mass is 16.5. The number of hydrogen-bond acceptors (Lipinski definition) is 3. The highest BCUT2D eigenvalue weighted by Gasteiger charge is 2.10. The molecule has 100 valence electrons. The highest BCUT2D eigenvalue weighted by Crippen LogP contribution is 2.24. The Morgan fingerprint density at radius 3 is 2.39 bits per heavy atom. The van der Waals surface area contributed by atoms with Gasteiger partial charge in [-0.3, -0.25) is 4.79 Å². The van der Waals surface area contributed by atoms with Gasteiger partial charge in [-0.25, -0.2) is 0 Å². The van der Waals surface area contributed by atoms with Crippen molar-refractivity contribution in [1.29, 1.82) is 0 Å². The summed E-state index contributed by atoms with van der Waals surface area (Å²) in [6.07, 6.45) is 0.547. The predicted molar refractivity (Wildman–Crippen MR) is 75.0 cm³/mol. The minimum Gasteiger partial charge on any atom is -0.491 e. The molecule has 0 aliphatic heterocycles. The molecule has 2 N–H and O–H groups in total. The van der Waals surface area contributed by atoms with Crippen LogP contribution in [0.2, 0.25) is 0 Å². The molecule has 0 bridgehead atoms. The van der Waals surface area contributed by atoms with Crippen LogP contribution in [-0.2, 0) is 0 Å². The lowest BCUT2D eigenvalue weighted by Gasteiger charge is -2.12. The van der Waals surface area contributed by atoms with Gasteiger partial charge in [-0.2, -0.15) is 0 Å². The largest absolute Gasteiger partial charge is 0.491 e. The maximum Gasteiger partial charge on any atom is 0.163 e. The summed E-state index contributed by atoms with van der Waals surface area (Å²) in [4.78, 5) is 11.9. The normalized spacial score (nSPS) is 11.0. The van der Waals surface area contributed by atoms with Crippen LogP contribution in [-0.4, -0.2) is 12.4 Å². The molecule has 0 aliphatic rings. The molecule has 0 saturated carbocycles. The van der Waals surface area contributed by atoms with E-state index in [0.29, 0.717) is 41.9 Å². The molecule has 1 aromatic rings. The van der Waals surface area contributed by atoms with E-state index >= 15 is 0 Å². The first-order valence-corrected chi connectivity index (χ1v) is 6.45. The van der Waals surface area contributed by atoms with Crippen molar-refractivity contribution in [2.45, 2.75) is 34.1 Å². The molecule has 0 fully saturated rings. The van der Waals surface area contributed by atoms with Gasteiger partial charge in [0.25, 0.3) is 0 Å². The Morgan fingerprint density at radius 2 is 1.89 bits per heavy atom. The molecule has 0 atom stereocenters. The van der Waals surface area contributed by atoms with E-state index < -0.39 is 0 Å². The number of anilines is 1. The van der Waals surface area contributed by atoms with Crippen molar-refractivity contribution >= 4 is 11.5 Å².